The van der Waals surface area contributed by atoms with Crippen LogP contribution < -0.4 is 16.0 Å². The second-order valence-electron chi connectivity index (χ2n) is 3.60. The number of hydrogen-bond acceptors (Lipinski definition) is 5. The number of nitrogens with one attached hydrogen (secondary N) is 1. The maximum atomic E-state index is 11.9. The van der Waals surface area contributed by atoms with Crippen molar-refractivity contribution < 1.29 is 14.3 Å². The van der Waals surface area contributed by atoms with Crippen LogP contribution in [0.2, 0.25) is 0 Å². The number of hydrazine groups is 1. The van der Waals surface area contributed by atoms with E-state index in [9.17, 15) is 9.59 Å². The van der Waals surface area contributed by atoms with Crippen LogP contribution >= 0.6 is 0 Å². The molecule has 2 rings (SSSR count). The van der Waals surface area contributed by atoms with Crippen LogP contribution in [0.25, 0.3) is 0 Å². The molecular weight excluding hydrogens is 246 g/mol. The highest BCUT2D eigenvalue weighted by Gasteiger charge is 2.15. The first-order chi connectivity index (χ1) is 9.22. The minimum atomic E-state index is -0.570. The molecule has 0 aliphatic rings. The molecule has 0 fully saturated rings. The van der Waals surface area contributed by atoms with Crippen molar-refractivity contribution in [3.05, 3.63) is 59.9 Å². The molecule has 0 aliphatic heterocycles. The van der Waals surface area contributed by atoms with Gasteiger partial charge in [-0.15, -0.1) is 0 Å². The summed E-state index contributed by atoms with van der Waals surface area (Å²) in [6.45, 7) is 0. The molecule has 0 bridgehead atoms. The Balaban J connectivity index is 2.25. The Labute approximate surface area is 109 Å². The molecule has 2 aromatic rings. The molecule has 0 spiro atoms. The molecule has 1 heterocycles. The minimum Gasteiger partial charge on any atom is -0.422 e. The van der Waals surface area contributed by atoms with Crippen LogP contribution in [0.4, 0.5) is 0 Å². The largest absolute Gasteiger partial charge is 0.422 e. The van der Waals surface area contributed by atoms with Gasteiger partial charge in [-0.1, -0.05) is 12.1 Å². The molecular formula is C13H11N3O3. The van der Waals surface area contributed by atoms with Crippen LogP contribution in [0, 0.1) is 0 Å². The van der Waals surface area contributed by atoms with Gasteiger partial charge in [-0.3, -0.25) is 15.2 Å². The average Bonchev–Trinajstić information content (AvgIpc) is 2.48. The summed E-state index contributed by atoms with van der Waals surface area (Å²) in [7, 11) is 0. The Hall–Kier alpha value is -2.73. The number of hydrogen-bond donors (Lipinski definition) is 2. The zero-order valence-corrected chi connectivity index (χ0v) is 9.87. The molecule has 0 aliphatic carbocycles. The lowest BCUT2D eigenvalue weighted by Gasteiger charge is -2.08. The standard InChI is InChI=1S/C13H11N3O3/c14-16-12(17)10-3-1-2-4-11(10)19-13(18)9-5-7-15-8-6-9/h1-8H,14H2,(H,16,17). The number of esters is 1. The lowest BCUT2D eigenvalue weighted by molar-refractivity contribution is 0.0732. The van der Waals surface area contributed by atoms with Gasteiger partial charge in [0.2, 0.25) is 0 Å². The van der Waals surface area contributed by atoms with Gasteiger partial charge < -0.3 is 4.74 Å². The molecule has 0 atom stereocenters. The quantitative estimate of drug-likeness (QED) is 0.280. The lowest BCUT2D eigenvalue weighted by Crippen LogP contribution is -2.30. The van der Waals surface area contributed by atoms with Crippen molar-refractivity contribution in [1.29, 1.82) is 0 Å². The Kier molecular flexibility index (Phi) is 3.84. The third kappa shape index (κ3) is 2.93. The van der Waals surface area contributed by atoms with Crippen molar-refractivity contribution in [2.45, 2.75) is 0 Å². The maximum absolute atomic E-state index is 11.9. The van der Waals surface area contributed by atoms with Crippen molar-refractivity contribution >= 4 is 11.9 Å². The van der Waals surface area contributed by atoms with E-state index in [0.717, 1.165) is 0 Å². The number of pyridine rings is 1. The van der Waals surface area contributed by atoms with Crippen molar-refractivity contribution in [3.8, 4) is 5.75 Å². The first-order valence-corrected chi connectivity index (χ1v) is 5.44. The van der Waals surface area contributed by atoms with Crippen molar-refractivity contribution in [1.82, 2.24) is 10.4 Å². The third-order valence-corrected chi connectivity index (χ3v) is 2.38. The highest BCUT2D eigenvalue weighted by atomic mass is 16.5. The smallest absolute Gasteiger partial charge is 0.343 e. The fraction of sp³-hybridized carbons (Fsp3) is 0. The number of carbonyl (C=O) groups is 2. The van der Waals surface area contributed by atoms with Gasteiger partial charge in [-0.05, 0) is 24.3 Å². The van der Waals surface area contributed by atoms with Gasteiger partial charge in [0.05, 0.1) is 11.1 Å². The Bertz CT molecular complexity index is 599. The van der Waals surface area contributed by atoms with Crippen molar-refractivity contribution in [2.24, 2.45) is 5.84 Å². The lowest BCUT2D eigenvalue weighted by atomic mass is 10.2. The first-order valence-electron chi connectivity index (χ1n) is 5.44. The second-order valence-corrected chi connectivity index (χ2v) is 3.60. The van der Waals surface area contributed by atoms with E-state index in [0.29, 0.717) is 5.56 Å². The van der Waals surface area contributed by atoms with Gasteiger partial charge in [-0.2, -0.15) is 0 Å². The molecule has 0 saturated carbocycles. The summed E-state index contributed by atoms with van der Waals surface area (Å²) in [5.74, 6) is 4.11. The van der Waals surface area contributed by atoms with E-state index >= 15 is 0 Å². The summed E-state index contributed by atoms with van der Waals surface area (Å²) < 4.78 is 5.17. The molecule has 6 nitrogen and oxygen atoms in total. The molecule has 1 aromatic carbocycles. The molecule has 96 valence electrons. The fourth-order valence-electron chi connectivity index (χ4n) is 1.47. The minimum absolute atomic E-state index is 0.146. The summed E-state index contributed by atoms with van der Waals surface area (Å²) >= 11 is 0. The molecule has 3 N–H and O–H groups in total. The molecule has 0 unspecified atom stereocenters. The van der Waals surface area contributed by atoms with Gasteiger partial charge in [-0.25, -0.2) is 10.6 Å². The van der Waals surface area contributed by atoms with Crippen LogP contribution in [0.15, 0.2) is 48.8 Å². The van der Waals surface area contributed by atoms with Gasteiger partial charge in [0.15, 0.2) is 0 Å². The number of carbonyl (C=O) groups excluding carboxylic acids is 2. The van der Waals surface area contributed by atoms with E-state index in [1.54, 1.807) is 12.1 Å². The van der Waals surface area contributed by atoms with E-state index in [-0.39, 0.29) is 11.3 Å². The summed E-state index contributed by atoms with van der Waals surface area (Å²) in [4.78, 5) is 27.2. The van der Waals surface area contributed by atoms with Crippen LogP contribution in [0.3, 0.4) is 0 Å². The van der Waals surface area contributed by atoms with Crippen LogP contribution in [0.1, 0.15) is 20.7 Å². The van der Waals surface area contributed by atoms with Crippen LogP contribution in [-0.4, -0.2) is 16.9 Å². The average molecular weight is 257 g/mol. The highest BCUT2D eigenvalue weighted by molar-refractivity contribution is 5.98. The Morgan fingerprint density at radius 2 is 1.79 bits per heavy atom. The Morgan fingerprint density at radius 3 is 2.47 bits per heavy atom. The number of nitrogen functional groups attached to an aromatic ring is 1. The number of benzene rings is 1. The Morgan fingerprint density at radius 1 is 1.11 bits per heavy atom. The zero-order valence-electron chi connectivity index (χ0n) is 9.87. The van der Waals surface area contributed by atoms with Crippen LogP contribution in [-0.2, 0) is 0 Å². The number of nitrogens with two attached hydrogens (primary N) is 1. The fourth-order valence-corrected chi connectivity index (χ4v) is 1.47. The van der Waals surface area contributed by atoms with Gasteiger partial charge in [0.1, 0.15) is 5.75 Å². The number of nitrogens with zero attached hydrogens (tertiary/aromatic N) is 1. The van der Waals surface area contributed by atoms with Crippen molar-refractivity contribution in [3.63, 3.8) is 0 Å². The SMILES string of the molecule is NNC(=O)c1ccccc1OC(=O)c1ccncc1. The molecule has 0 radical (unpaired) electrons. The molecule has 6 heteroatoms. The van der Waals surface area contributed by atoms with E-state index in [2.05, 4.69) is 4.98 Å². The van der Waals surface area contributed by atoms with E-state index in [1.807, 2.05) is 5.43 Å². The maximum Gasteiger partial charge on any atom is 0.343 e. The first kappa shape index (κ1) is 12.7. The number of para-hydroxylation sites is 1. The number of amides is 1. The van der Waals surface area contributed by atoms with Gasteiger partial charge in [0, 0.05) is 12.4 Å². The van der Waals surface area contributed by atoms with E-state index in [1.165, 1.54) is 36.7 Å². The van der Waals surface area contributed by atoms with Gasteiger partial charge >= 0.3 is 5.97 Å². The zero-order chi connectivity index (χ0) is 13.7. The monoisotopic (exact) mass is 257 g/mol. The topological polar surface area (TPSA) is 94.3 Å². The summed E-state index contributed by atoms with van der Waals surface area (Å²) in [6.07, 6.45) is 2.96. The molecule has 0 saturated heterocycles. The summed E-state index contributed by atoms with van der Waals surface area (Å²) in [5, 5.41) is 0. The molecule has 1 amide bonds. The van der Waals surface area contributed by atoms with E-state index < -0.39 is 11.9 Å². The third-order valence-electron chi connectivity index (χ3n) is 2.38. The van der Waals surface area contributed by atoms with Gasteiger partial charge in [0.25, 0.3) is 5.91 Å². The van der Waals surface area contributed by atoms with E-state index in [4.69, 9.17) is 10.6 Å². The normalized spacial score (nSPS) is 9.74. The highest BCUT2D eigenvalue weighted by Crippen LogP contribution is 2.19. The van der Waals surface area contributed by atoms with Crippen LogP contribution in [0.5, 0.6) is 5.75 Å². The molecule has 19 heavy (non-hydrogen) atoms. The number of rotatable bonds is 3. The predicted octanol–water partition coefficient (Wildman–Crippen LogP) is 0.904. The second kappa shape index (κ2) is 5.74. The molecule has 1 aromatic heterocycles. The van der Waals surface area contributed by atoms with Crippen molar-refractivity contribution in [2.75, 3.05) is 0 Å². The summed E-state index contributed by atoms with van der Waals surface area (Å²) in [5.41, 5.74) is 2.53. The number of ether oxygens (including phenoxy) is 1. The number of aromatic nitrogens is 1. The predicted molar refractivity (Wildman–Crippen MR) is 67.3 cm³/mol. The summed E-state index contributed by atoms with van der Waals surface area (Å²) in [6, 6.07) is 9.37.